The van der Waals surface area contributed by atoms with Crippen LogP contribution >= 0.6 is 0 Å². The number of nitrogens with one attached hydrogen (secondary N) is 1. The van der Waals surface area contributed by atoms with Crippen LogP contribution in [0.25, 0.3) is 17.0 Å². The normalized spacial score (nSPS) is 11.1. The molecule has 142 valence electrons. The van der Waals surface area contributed by atoms with Gasteiger partial charge in [-0.25, -0.2) is 0 Å². The molecule has 0 atom stereocenters. The summed E-state index contributed by atoms with van der Waals surface area (Å²) in [5, 5.41) is 4.08. The highest BCUT2D eigenvalue weighted by molar-refractivity contribution is 6.09. The molecule has 0 aliphatic rings. The molecule has 3 nitrogen and oxygen atoms in total. The quantitative estimate of drug-likeness (QED) is 0.459. The smallest absolute Gasteiger partial charge is 0.255 e. The first-order chi connectivity index (χ1) is 14.2. The van der Waals surface area contributed by atoms with E-state index in [2.05, 4.69) is 46.7 Å². The molecule has 3 aromatic carbocycles. The third-order valence-electron chi connectivity index (χ3n) is 4.95. The Hall–Kier alpha value is -3.72. The van der Waals surface area contributed by atoms with Crippen molar-refractivity contribution in [3.05, 3.63) is 113 Å². The lowest BCUT2D eigenvalue weighted by molar-refractivity contribution is 0.102. The Bertz CT molecular complexity index is 1180. The number of aryl methyl sites for hydroxylation is 1. The average Bonchev–Trinajstić information content (AvgIpc) is 2.76. The molecule has 0 aliphatic carbocycles. The van der Waals surface area contributed by atoms with Crippen LogP contribution in [0.15, 0.2) is 91.1 Å². The van der Waals surface area contributed by atoms with Gasteiger partial charge in [0.25, 0.3) is 5.91 Å². The fraction of sp³-hybridized carbons (Fsp3) is 0.0769. The Kier molecular flexibility index (Phi) is 5.48. The van der Waals surface area contributed by atoms with Crippen molar-refractivity contribution in [1.29, 1.82) is 0 Å². The summed E-state index contributed by atoms with van der Waals surface area (Å²) in [6.45, 7) is 1.94. The zero-order valence-corrected chi connectivity index (χ0v) is 16.3. The van der Waals surface area contributed by atoms with E-state index in [1.807, 2.05) is 61.5 Å². The van der Waals surface area contributed by atoms with Crippen LogP contribution in [0.5, 0.6) is 0 Å². The SMILES string of the molecule is Cc1ccccc1C(=O)Nc1ccc(C/C=C/c2ccccc2)c2cccnc12. The van der Waals surface area contributed by atoms with Gasteiger partial charge in [-0.2, -0.15) is 0 Å². The number of carbonyl (C=O) groups is 1. The zero-order chi connectivity index (χ0) is 20.1. The van der Waals surface area contributed by atoms with Gasteiger partial charge in [-0.3, -0.25) is 9.78 Å². The van der Waals surface area contributed by atoms with Gasteiger partial charge in [0, 0.05) is 17.1 Å². The second-order valence-electron chi connectivity index (χ2n) is 6.96. The number of rotatable bonds is 5. The minimum Gasteiger partial charge on any atom is -0.320 e. The van der Waals surface area contributed by atoms with E-state index in [-0.39, 0.29) is 5.91 Å². The van der Waals surface area contributed by atoms with Gasteiger partial charge in [-0.05, 0) is 48.2 Å². The molecule has 0 fully saturated rings. The van der Waals surface area contributed by atoms with E-state index < -0.39 is 0 Å². The minimum absolute atomic E-state index is 0.119. The zero-order valence-electron chi connectivity index (χ0n) is 16.3. The molecule has 4 rings (SSSR count). The van der Waals surface area contributed by atoms with Gasteiger partial charge in [0.05, 0.1) is 11.2 Å². The lowest BCUT2D eigenvalue weighted by Gasteiger charge is -2.12. The summed E-state index contributed by atoms with van der Waals surface area (Å²) in [5.41, 5.74) is 5.51. The number of carbonyl (C=O) groups excluding carboxylic acids is 1. The monoisotopic (exact) mass is 378 g/mol. The highest BCUT2D eigenvalue weighted by Crippen LogP contribution is 2.26. The van der Waals surface area contributed by atoms with Crippen LogP contribution in [-0.4, -0.2) is 10.9 Å². The lowest BCUT2D eigenvalue weighted by Crippen LogP contribution is -2.13. The predicted octanol–water partition coefficient (Wildman–Crippen LogP) is 6.05. The standard InChI is InChI=1S/C26H22N2O/c1-19-9-5-6-14-22(19)26(29)28-24-17-16-21(23-15-8-18-27-25(23)24)13-7-12-20-10-3-2-4-11-20/h2-12,14-18H,13H2,1H3,(H,28,29)/b12-7+. The van der Waals surface area contributed by atoms with E-state index in [1.165, 1.54) is 11.1 Å². The maximum Gasteiger partial charge on any atom is 0.255 e. The number of aromatic nitrogens is 1. The second kappa shape index (κ2) is 8.53. The van der Waals surface area contributed by atoms with Crippen molar-refractivity contribution in [2.24, 2.45) is 0 Å². The van der Waals surface area contributed by atoms with E-state index >= 15 is 0 Å². The molecule has 0 aliphatic heterocycles. The molecule has 0 unspecified atom stereocenters. The van der Waals surface area contributed by atoms with Gasteiger partial charge in [-0.1, -0.05) is 72.8 Å². The Morgan fingerprint density at radius 3 is 2.55 bits per heavy atom. The fourth-order valence-corrected chi connectivity index (χ4v) is 3.41. The summed E-state index contributed by atoms with van der Waals surface area (Å²) < 4.78 is 0. The van der Waals surface area contributed by atoms with Crippen LogP contribution in [0.1, 0.15) is 27.0 Å². The number of anilines is 1. The first-order valence-corrected chi connectivity index (χ1v) is 9.67. The first-order valence-electron chi connectivity index (χ1n) is 9.67. The minimum atomic E-state index is -0.119. The molecule has 29 heavy (non-hydrogen) atoms. The molecule has 1 N–H and O–H groups in total. The van der Waals surface area contributed by atoms with E-state index in [1.54, 1.807) is 6.20 Å². The number of pyridine rings is 1. The molecule has 0 bridgehead atoms. The lowest BCUT2D eigenvalue weighted by atomic mass is 10.0. The maximum atomic E-state index is 12.7. The molecule has 0 saturated carbocycles. The first kappa shape index (κ1) is 18.6. The average molecular weight is 378 g/mol. The molecule has 3 heteroatoms. The van der Waals surface area contributed by atoms with Gasteiger partial charge >= 0.3 is 0 Å². The highest BCUT2D eigenvalue weighted by atomic mass is 16.1. The third kappa shape index (κ3) is 4.25. The Balaban J connectivity index is 1.61. The number of amides is 1. The molecule has 0 radical (unpaired) electrons. The van der Waals surface area contributed by atoms with E-state index in [4.69, 9.17) is 0 Å². The van der Waals surface area contributed by atoms with Crippen molar-refractivity contribution in [1.82, 2.24) is 4.98 Å². The fourth-order valence-electron chi connectivity index (χ4n) is 3.41. The second-order valence-corrected chi connectivity index (χ2v) is 6.96. The van der Waals surface area contributed by atoms with E-state index in [0.717, 1.165) is 28.6 Å². The van der Waals surface area contributed by atoms with Crippen molar-refractivity contribution in [2.75, 3.05) is 5.32 Å². The van der Waals surface area contributed by atoms with Crippen LogP contribution in [-0.2, 0) is 6.42 Å². The van der Waals surface area contributed by atoms with Gasteiger partial charge < -0.3 is 5.32 Å². The molecular weight excluding hydrogens is 356 g/mol. The molecule has 4 aromatic rings. The summed E-state index contributed by atoms with van der Waals surface area (Å²) in [7, 11) is 0. The number of hydrogen-bond donors (Lipinski definition) is 1. The summed E-state index contributed by atoms with van der Waals surface area (Å²) in [4.78, 5) is 17.3. The van der Waals surface area contributed by atoms with E-state index in [9.17, 15) is 4.79 Å². The maximum absolute atomic E-state index is 12.7. The van der Waals surface area contributed by atoms with Crippen molar-refractivity contribution >= 4 is 28.6 Å². The van der Waals surface area contributed by atoms with Crippen LogP contribution in [0.2, 0.25) is 0 Å². The number of fused-ring (bicyclic) bond motifs is 1. The Morgan fingerprint density at radius 1 is 0.931 bits per heavy atom. The van der Waals surface area contributed by atoms with Crippen molar-refractivity contribution < 1.29 is 4.79 Å². The molecule has 1 aromatic heterocycles. The van der Waals surface area contributed by atoms with Crippen molar-refractivity contribution in [2.45, 2.75) is 13.3 Å². The number of nitrogens with zero attached hydrogens (tertiary/aromatic N) is 1. The molecule has 1 heterocycles. The molecular formula is C26H22N2O. The number of benzene rings is 3. The number of allylic oxidation sites excluding steroid dienone is 1. The predicted molar refractivity (Wildman–Crippen MR) is 120 cm³/mol. The summed E-state index contributed by atoms with van der Waals surface area (Å²) in [6, 6.07) is 25.8. The molecule has 0 spiro atoms. The van der Waals surface area contributed by atoms with E-state index in [0.29, 0.717) is 5.56 Å². The Morgan fingerprint density at radius 2 is 1.72 bits per heavy atom. The van der Waals surface area contributed by atoms with Gasteiger partial charge in [0.15, 0.2) is 0 Å². The van der Waals surface area contributed by atoms with Crippen LogP contribution < -0.4 is 5.32 Å². The van der Waals surface area contributed by atoms with Crippen molar-refractivity contribution in [3.63, 3.8) is 0 Å². The summed E-state index contributed by atoms with van der Waals surface area (Å²) in [6.07, 6.45) is 6.83. The van der Waals surface area contributed by atoms with Crippen LogP contribution in [0, 0.1) is 6.92 Å². The topological polar surface area (TPSA) is 42.0 Å². The third-order valence-corrected chi connectivity index (χ3v) is 4.95. The van der Waals surface area contributed by atoms with Gasteiger partial charge in [0.2, 0.25) is 0 Å². The Labute approximate surface area is 170 Å². The van der Waals surface area contributed by atoms with Crippen LogP contribution in [0.3, 0.4) is 0 Å². The van der Waals surface area contributed by atoms with Gasteiger partial charge in [0.1, 0.15) is 0 Å². The summed E-state index contributed by atoms with van der Waals surface area (Å²) in [5.74, 6) is -0.119. The van der Waals surface area contributed by atoms with Crippen molar-refractivity contribution in [3.8, 4) is 0 Å². The summed E-state index contributed by atoms with van der Waals surface area (Å²) >= 11 is 0. The highest BCUT2D eigenvalue weighted by Gasteiger charge is 2.12. The van der Waals surface area contributed by atoms with Gasteiger partial charge in [-0.15, -0.1) is 0 Å². The molecule has 1 amide bonds. The van der Waals surface area contributed by atoms with Crippen LogP contribution in [0.4, 0.5) is 5.69 Å². The number of hydrogen-bond acceptors (Lipinski definition) is 2. The largest absolute Gasteiger partial charge is 0.320 e. The molecule has 0 saturated heterocycles.